The number of nitrogens with zero attached hydrogens (tertiary/aromatic N) is 1. The smallest absolute Gasteiger partial charge is 0.253 e. The van der Waals surface area contributed by atoms with Gasteiger partial charge in [0, 0.05) is 37.9 Å². The molecule has 5 nitrogen and oxygen atoms in total. The van der Waals surface area contributed by atoms with Gasteiger partial charge in [-0.05, 0) is 43.4 Å². The van der Waals surface area contributed by atoms with Gasteiger partial charge in [0.2, 0.25) is 0 Å². The molecule has 0 unspecified atom stereocenters. The Balaban J connectivity index is 1.90. The zero-order chi connectivity index (χ0) is 18.9. The van der Waals surface area contributed by atoms with Gasteiger partial charge in [-0.25, -0.2) is 0 Å². The Morgan fingerprint density at radius 2 is 1.92 bits per heavy atom. The van der Waals surface area contributed by atoms with Gasteiger partial charge in [-0.1, -0.05) is 38.2 Å². The van der Waals surface area contributed by atoms with E-state index in [0.29, 0.717) is 30.1 Å². The van der Waals surface area contributed by atoms with Gasteiger partial charge in [0.1, 0.15) is 0 Å². The second-order valence-corrected chi connectivity index (χ2v) is 7.40. The molecule has 0 bridgehead atoms. The van der Waals surface area contributed by atoms with Crippen LogP contribution in [0, 0.1) is 11.8 Å². The minimum Gasteiger partial charge on any atom is -0.396 e. The summed E-state index contributed by atoms with van der Waals surface area (Å²) in [6.45, 7) is 3.10. The summed E-state index contributed by atoms with van der Waals surface area (Å²) in [5.74, 6) is 0.481. The van der Waals surface area contributed by atoms with Crippen LogP contribution in [0.3, 0.4) is 0 Å². The quantitative estimate of drug-likeness (QED) is 0.748. The van der Waals surface area contributed by atoms with E-state index in [9.17, 15) is 14.7 Å². The van der Waals surface area contributed by atoms with E-state index >= 15 is 0 Å². The molecule has 1 atom stereocenters. The second kappa shape index (κ2) is 10.3. The Morgan fingerprint density at radius 3 is 2.58 bits per heavy atom. The maximum atomic E-state index is 12.5. The van der Waals surface area contributed by atoms with Crippen LogP contribution in [0.4, 0.5) is 0 Å². The van der Waals surface area contributed by atoms with Crippen LogP contribution in [0.25, 0.3) is 0 Å². The van der Waals surface area contributed by atoms with E-state index in [1.807, 2.05) is 6.92 Å². The van der Waals surface area contributed by atoms with Crippen LogP contribution in [-0.4, -0.2) is 48.6 Å². The molecule has 5 heteroatoms. The first-order chi connectivity index (χ1) is 12.5. The minimum atomic E-state index is -0.194. The Morgan fingerprint density at radius 1 is 1.23 bits per heavy atom. The summed E-state index contributed by atoms with van der Waals surface area (Å²) >= 11 is 0. The van der Waals surface area contributed by atoms with E-state index in [0.717, 1.165) is 6.42 Å². The van der Waals surface area contributed by atoms with Crippen molar-refractivity contribution in [2.24, 2.45) is 11.8 Å². The highest BCUT2D eigenvalue weighted by Gasteiger charge is 2.20. The fraction of sp³-hybridized carbons (Fsp3) is 0.619. The number of carbonyl (C=O) groups is 2. The predicted octanol–water partition coefficient (Wildman–Crippen LogP) is 3.09. The Labute approximate surface area is 156 Å². The molecule has 0 aliphatic heterocycles. The average Bonchev–Trinajstić information content (AvgIpc) is 2.70. The van der Waals surface area contributed by atoms with Crippen molar-refractivity contribution in [3.8, 4) is 0 Å². The lowest BCUT2D eigenvalue weighted by atomic mass is 9.83. The second-order valence-electron chi connectivity index (χ2n) is 7.40. The molecule has 1 aromatic rings. The lowest BCUT2D eigenvalue weighted by Crippen LogP contribution is -2.32. The molecule has 1 saturated carbocycles. The van der Waals surface area contributed by atoms with Crippen LogP contribution >= 0.6 is 0 Å². The van der Waals surface area contributed by atoms with Crippen LogP contribution in [0.15, 0.2) is 24.3 Å². The van der Waals surface area contributed by atoms with Gasteiger partial charge >= 0.3 is 0 Å². The molecular formula is C21H32N2O3. The van der Waals surface area contributed by atoms with E-state index in [1.165, 1.54) is 32.1 Å². The third-order valence-corrected chi connectivity index (χ3v) is 5.39. The van der Waals surface area contributed by atoms with Crippen LogP contribution in [0.1, 0.15) is 66.2 Å². The molecule has 0 spiro atoms. The average molecular weight is 360 g/mol. The van der Waals surface area contributed by atoms with Gasteiger partial charge < -0.3 is 15.3 Å². The summed E-state index contributed by atoms with van der Waals surface area (Å²) in [6, 6.07) is 6.81. The first kappa shape index (κ1) is 20.4. The predicted molar refractivity (Wildman–Crippen MR) is 103 cm³/mol. The van der Waals surface area contributed by atoms with E-state index in [1.54, 1.807) is 36.2 Å². The SMILES string of the molecule is CCN(C)C(=O)c1cccc(C(=O)NC[C@@H](CO)CC2CCCCC2)c1. The van der Waals surface area contributed by atoms with Crippen molar-refractivity contribution in [2.75, 3.05) is 26.7 Å². The molecule has 0 heterocycles. The van der Waals surface area contributed by atoms with Gasteiger partial charge in [0.05, 0.1) is 0 Å². The van der Waals surface area contributed by atoms with Gasteiger partial charge in [0.15, 0.2) is 0 Å². The van der Waals surface area contributed by atoms with Crippen molar-refractivity contribution in [3.63, 3.8) is 0 Å². The number of benzene rings is 1. The Hall–Kier alpha value is -1.88. The maximum absolute atomic E-state index is 12.5. The number of aliphatic hydroxyl groups is 1. The van der Waals surface area contributed by atoms with Gasteiger partial charge in [-0.15, -0.1) is 0 Å². The molecule has 0 radical (unpaired) electrons. The van der Waals surface area contributed by atoms with Crippen molar-refractivity contribution in [3.05, 3.63) is 35.4 Å². The third-order valence-electron chi connectivity index (χ3n) is 5.39. The number of carbonyl (C=O) groups excluding carboxylic acids is 2. The van der Waals surface area contributed by atoms with Crippen molar-refractivity contribution in [2.45, 2.75) is 45.4 Å². The molecule has 26 heavy (non-hydrogen) atoms. The monoisotopic (exact) mass is 360 g/mol. The molecule has 0 saturated heterocycles. The molecule has 1 fully saturated rings. The summed E-state index contributed by atoms with van der Waals surface area (Å²) in [7, 11) is 1.74. The normalized spacial score (nSPS) is 16.1. The lowest BCUT2D eigenvalue weighted by molar-refractivity contribution is 0.0802. The highest BCUT2D eigenvalue weighted by atomic mass is 16.3. The number of amides is 2. The van der Waals surface area contributed by atoms with Crippen molar-refractivity contribution >= 4 is 11.8 Å². The van der Waals surface area contributed by atoms with E-state index in [2.05, 4.69) is 5.32 Å². The zero-order valence-corrected chi connectivity index (χ0v) is 16.0. The topological polar surface area (TPSA) is 69.6 Å². The van der Waals surface area contributed by atoms with Crippen molar-refractivity contribution < 1.29 is 14.7 Å². The molecule has 2 N–H and O–H groups in total. The first-order valence-electron chi connectivity index (χ1n) is 9.79. The Kier molecular flexibility index (Phi) is 8.10. The van der Waals surface area contributed by atoms with Gasteiger partial charge in [-0.3, -0.25) is 9.59 Å². The third kappa shape index (κ3) is 5.84. The van der Waals surface area contributed by atoms with Gasteiger partial charge in [-0.2, -0.15) is 0 Å². The highest BCUT2D eigenvalue weighted by molar-refractivity contribution is 5.99. The van der Waals surface area contributed by atoms with Crippen LogP contribution in [-0.2, 0) is 0 Å². The molecule has 2 amide bonds. The summed E-state index contributed by atoms with van der Waals surface area (Å²) in [4.78, 5) is 26.3. The number of aliphatic hydroxyl groups excluding tert-OH is 1. The standard InChI is InChI=1S/C21H32N2O3/c1-3-23(2)21(26)19-11-7-10-18(13-19)20(25)22-14-17(15-24)12-16-8-5-4-6-9-16/h7,10-11,13,16-17,24H,3-6,8-9,12,14-15H2,1-2H3,(H,22,25)/t17-/m0/s1. The zero-order valence-electron chi connectivity index (χ0n) is 16.0. The van der Waals surface area contributed by atoms with Crippen molar-refractivity contribution in [1.82, 2.24) is 10.2 Å². The Bertz CT molecular complexity index is 597. The molecule has 1 aromatic carbocycles. The molecule has 2 rings (SSSR count). The number of rotatable bonds is 8. The number of nitrogens with one attached hydrogen (secondary N) is 1. The van der Waals surface area contributed by atoms with Crippen LogP contribution < -0.4 is 5.32 Å². The summed E-state index contributed by atoms with van der Waals surface area (Å²) in [5, 5.41) is 12.6. The van der Waals surface area contributed by atoms with E-state index in [-0.39, 0.29) is 24.3 Å². The minimum absolute atomic E-state index is 0.0901. The summed E-state index contributed by atoms with van der Waals surface area (Å²) < 4.78 is 0. The number of hydrogen-bond acceptors (Lipinski definition) is 3. The fourth-order valence-corrected chi connectivity index (χ4v) is 3.61. The fourth-order valence-electron chi connectivity index (χ4n) is 3.61. The van der Waals surface area contributed by atoms with E-state index in [4.69, 9.17) is 0 Å². The summed E-state index contributed by atoms with van der Waals surface area (Å²) in [5.41, 5.74) is 0.998. The van der Waals surface area contributed by atoms with Crippen LogP contribution in [0.2, 0.25) is 0 Å². The van der Waals surface area contributed by atoms with E-state index < -0.39 is 0 Å². The highest BCUT2D eigenvalue weighted by Crippen LogP contribution is 2.28. The first-order valence-corrected chi connectivity index (χ1v) is 9.79. The lowest BCUT2D eigenvalue weighted by Gasteiger charge is -2.25. The molecule has 1 aliphatic carbocycles. The largest absolute Gasteiger partial charge is 0.396 e. The molecule has 0 aromatic heterocycles. The molecule has 144 valence electrons. The van der Waals surface area contributed by atoms with Crippen molar-refractivity contribution in [1.29, 1.82) is 0 Å². The maximum Gasteiger partial charge on any atom is 0.253 e. The van der Waals surface area contributed by atoms with Gasteiger partial charge in [0.25, 0.3) is 11.8 Å². The summed E-state index contributed by atoms with van der Waals surface area (Å²) in [6.07, 6.45) is 7.32. The van der Waals surface area contributed by atoms with Crippen LogP contribution in [0.5, 0.6) is 0 Å². The molecular weight excluding hydrogens is 328 g/mol. The number of hydrogen-bond donors (Lipinski definition) is 2. The molecule has 1 aliphatic rings.